The molecule has 2 N–H and O–H groups in total. The largest absolute Gasteiger partial charge is 0.327 e. The summed E-state index contributed by atoms with van der Waals surface area (Å²) in [4.78, 5) is 0. The van der Waals surface area contributed by atoms with Gasteiger partial charge in [0.15, 0.2) is 0 Å². The van der Waals surface area contributed by atoms with Crippen LogP contribution in [-0.4, -0.2) is 6.04 Å². The highest BCUT2D eigenvalue weighted by atomic mass is 14.7. The van der Waals surface area contributed by atoms with Crippen molar-refractivity contribution in [2.45, 2.75) is 12.5 Å². The summed E-state index contributed by atoms with van der Waals surface area (Å²) in [7, 11) is 0. The SMILES string of the molecule is C=C(C(=C)C1C[C@H]1N)c1ccccc1. The van der Waals surface area contributed by atoms with Crippen LogP contribution in [0.15, 0.2) is 49.1 Å². The molecule has 0 aliphatic heterocycles. The summed E-state index contributed by atoms with van der Waals surface area (Å²) in [6.07, 6.45) is 1.06. The first-order chi connectivity index (χ1) is 6.70. The molecule has 1 nitrogen and oxygen atoms in total. The van der Waals surface area contributed by atoms with Crippen molar-refractivity contribution in [2.24, 2.45) is 11.7 Å². The fourth-order valence-electron chi connectivity index (χ4n) is 1.66. The number of hydrogen-bond donors (Lipinski definition) is 1. The second-order valence-electron chi connectivity index (χ2n) is 3.88. The molecule has 0 bridgehead atoms. The van der Waals surface area contributed by atoms with E-state index in [1.54, 1.807) is 0 Å². The van der Waals surface area contributed by atoms with Crippen LogP contribution in [0.5, 0.6) is 0 Å². The predicted molar refractivity (Wildman–Crippen MR) is 60.7 cm³/mol. The van der Waals surface area contributed by atoms with Gasteiger partial charge < -0.3 is 5.73 Å². The Hall–Kier alpha value is -1.34. The fourth-order valence-corrected chi connectivity index (χ4v) is 1.66. The van der Waals surface area contributed by atoms with Gasteiger partial charge in [0.2, 0.25) is 0 Å². The fraction of sp³-hybridized carbons (Fsp3) is 0.231. The maximum atomic E-state index is 5.78. The molecule has 0 heterocycles. The molecule has 14 heavy (non-hydrogen) atoms. The van der Waals surface area contributed by atoms with E-state index in [9.17, 15) is 0 Å². The number of hydrogen-bond acceptors (Lipinski definition) is 1. The Bertz CT molecular complexity index is 364. The van der Waals surface area contributed by atoms with Crippen LogP contribution < -0.4 is 5.73 Å². The molecule has 2 rings (SSSR count). The van der Waals surface area contributed by atoms with Crippen LogP contribution >= 0.6 is 0 Å². The Morgan fingerprint density at radius 3 is 2.29 bits per heavy atom. The van der Waals surface area contributed by atoms with Crippen molar-refractivity contribution in [3.05, 3.63) is 54.6 Å². The van der Waals surface area contributed by atoms with Crippen molar-refractivity contribution in [1.29, 1.82) is 0 Å². The number of nitrogens with two attached hydrogens (primary N) is 1. The first-order valence-corrected chi connectivity index (χ1v) is 4.89. The molecule has 1 aliphatic rings. The summed E-state index contributed by atoms with van der Waals surface area (Å²) in [6.45, 7) is 8.13. The smallest absolute Gasteiger partial charge is 0.0115 e. The van der Waals surface area contributed by atoms with Gasteiger partial charge in [0, 0.05) is 12.0 Å². The maximum Gasteiger partial charge on any atom is 0.0115 e. The monoisotopic (exact) mass is 185 g/mol. The van der Waals surface area contributed by atoms with Gasteiger partial charge in [0.05, 0.1) is 0 Å². The van der Waals surface area contributed by atoms with Gasteiger partial charge in [-0.05, 0) is 23.1 Å². The Balaban J connectivity index is 2.13. The van der Waals surface area contributed by atoms with E-state index in [1.807, 2.05) is 18.2 Å². The molecule has 1 aromatic carbocycles. The normalized spacial score (nSPS) is 24.4. The molecule has 1 aliphatic carbocycles. The van der Waals surface area contributed by atoms with Gasteiger partial charge in [0.25, 0.3) is 0 Å². The molecule has 2 atom stereocenters. The summed E-state index contributed by atoms with van der Waals surface area (Å²) < 4.78 is 0. The van der Waals surface area contributed by atoms with E-state index < -0.39 is 0 Å². The van der Waals surface area contributed by atoms with Gasteiger partial charge in [-0.3, -0.25) is 0 Å². The molecular formula is C13H15N. The molecule has 0 amide bonds. The summed E-state index contributed by atoms with van der Waals surface area (Å²) >= 11 is 0. The molecule has 1 fully saturated rings. The average Bonchev–Trinajstić information content (AvgIpc) is 2.95. The van der Waals surface area contributed by atoms with E-state index in [4.69, 9.17) is 5.73 Å². The van der Waals surface area contributed by atoms with Gasteiger partial charge >= 0.3 is 0 Å². The molecule has 1 heteroatoms. The summed E-state index contributed by atoms with van der Waals surface area (Å²) in [5.41, 5.74) is 9.06. The number of benzene rings is 1. The first kappa shape index (κ1) is 9.22. The minimum absolute atomic E-state index is 0.308. The minimum Gasteiger partial charge on any atom is -0.327 e. The average molecular weight is 185 g/mol. The number of rotatable bonds is 3. The van der Waals surface area contributed by atoms with Gasteiger partial charge in [-0.2, -0.15) is 0 Å². The minimum atomic E-state index is 0.308. The van der Waals surface area contributed by atoms with Crippen molar-refractivity contribution in [3.8, 4) is 0 Å². The van der Waals surface area contributed by atoms with Crippen LogP contribution in [0.3, 0.4) is 0 Å². The van der Waals surface area contributed by atoms with E-state index in [1.165, 1.54) is 0 Å². The predicted octanol–water partition coefficient (Wildman–Crippen LogP) is 2.60. The highest BCUT2D eigenvalue weighted by Gasteiger charge is 2.36. The second kappa shape index (κ2) is 3.43. The highest BCUT2D eigenvalue weighted by molar-refractivity contribution is 5.77. The summed E-state index contributed by atoms with van der Waals surface area (Å²) in [6, 6.07) is 10.5. The molecule has 1 saturated carbocycles. The van der Waals surface area contributed by atoms with Crippen molar-refractivity contribution in [3.63, 3.8) is 0 Å². The lowest BCUT2D eigenvalue weighted by Crippen LogP contribution is -2.03. The molecule has 1 aromatic rings. The summed E-state index contributed by atoms with van der Waals surface area (Å²) in [5.74, 6) is 0.461. The van der Waals surface area contributed by atoms with Crippen molar-refractivity contribution in [2.75, 3.05) is 0 Å². The van der Waals surface area contributed by atoms with E-state index in [2.05, 4.69) is 25.3 Å². The Kier molecular flexibility index (Phi) is 2.26. The third-order valence-corrected chi connectivity index (χ3v) is 2.80. The standard InChI is InChI=1S/C13H15N/c1-9(10(2)12-8-13(12)14)11-6-4-3-5-7-11/h3-7,12-13H,1-2,8,14H2/t12?,13-/m1/s1. The van der Waals surface area contributed by atoms with Crippen LogP contribution in [0.4, 0.5) is 0 Å². The zero-order valence-corrected chi connectivity index (χ0v) is 8.24. The zero-order chi connectivity index (χ0) is 10.1. The molecule has 0 radical (unpaired) electrons. The van der Waals surface area contributed by atoms with Crippen LogP contribution in [0, 0.1) is 5.92 Å². The van der Waals surface area contributed by atoms with Crippen LogP contribution in [0.2, 0.25) is 0 Å². The summed E-state index contributed by atoms with van der Waals surface area (Å²) in [5, 5.41) is 0. The van der Waals surface area contributed by atoms with E-state index in [0.29, 0.717) is 12.0 Å². The molecular weight excluding hydrogens is 170 g/mol. The van der Waals surface area contributed by atoms with Gasteiger partial charge in [-0.1, -0.05) is 43.5 Å². The van der Waals surface area contributed by atoms with Gasteiger partial charge in [-0.15, -0.1) is 0 Å². The van der Waals surface area contributed by atoms with Crippen molar-refractivity contribution < 1.29 is 0 Å². The molecule has 0 aromatic heterocycles. The van der Waals surface area contributed by atoms with E-state index in [-0.39, 0.29) is 0 Å². The lowest BCUT2D eigenvalue weighted by Gasteiger charge is -2.08. The lowest BCUT2D eigenvalue weighted by atomic mass is 9.97. The van der Waals surface area contributed by atoms with Gasteiger partial charge in [0.1, 0.15) is 0 Å². The second-order valence-corrected chi connectivity index (χ2v) is 3.88. The van der Waals surface area contributed by atoms with Crippen LogP contribution in [0.1, 0.15) is 12.0 Å². The first-order valence-electron chi connectivity index (χ1n) is 4.89. The van der Waals surface area contributed by atoms with Crippen LogP contribution in [-0.2, 0) is 0 Å². The van der Waals surface area contributed by atoms with E-state index >= 15 is 0 Å². The zero-order valence-electron chi connectivity index (χ0n) is 8.24. The number of allylic oxidation sites excluding steroid dienone is 1. The Labute approximate surface area is 84.9 Å². The highest BCUT2D eigenvalue weighted by Crippen LogP contribution is 2.40. The molecule has 0 spiro atoms. The maximum absolute atomic E-state index is 5.78. The lowest BCUT2D eigenvalue weighted by molar-refractivity contribution is 0.950. The van der Waals surface area contributed by atoms with E-state index in [0.717, 1.165) is 23.1 Å². The topological polar surface area (TPSA) is 26.0 Å². The van der Waals surface area contributed by atoms with Gasteiger partial charge in [-0.25, -0.2) is 0 Å². The van der Waals surface area contributed by atoms with Crippen molar-refractivity contribution in [1.82, 2.24) is 0 Å². The quantitative estimate of drug-likeness (QED) is 0.720. The Morgan fingerprint density at radius 2 is 1.79 bits per heavy atom. The van der Waals surface area contributed by atoms with Crippen molar-refractivity contribution >= 4 is 5.57 Å². The third kappa shape index (κ3) is 1.64. The molecule has 0 saturated heterocycles. The Morgan fingerprint density at radius 1 is 1.21 bits per heavy atom. The molecule has 1 unspecified atom stereocenters. The van der Waals surface area contributed by atoms with Crippen LogP contribution in [0.25, 0.3) is 5.57 Å². The molecule has 72 valence electrons. The third-order valence-electron chi connectivity index (χ3n) is 2.80.